The lowest BCUT2D eigenvalue weighted by atomic mass is 10.1. The standard InChI is InChI=1S/C18H16FN3O2/c1-12-3-2-4-14(9-12)18-21-17(24-22-18)11-20-16(23)10-13-5-7-15(19)8-6-13/h2-9H,10-11H2,1H3,(H,20,23). The molecule has 24 heavy (non-hydrogen) atoms. The van der Waals surface area contributed by atoms with Gasteiger partial charge in [-0.3, -0.25) is 4.79 Å². The van der Waals surface area contributed by atoms with Crippen LogP contribution >= 0.6 is 0 Å². The third-order valence-electron chi connectivity index (χ3n) is 3.46. The number of carbonyl (C=O) groups is 1. The van der Waals surface area contributed by atoms with E-state index in [-0.39, 0.29) is 24.7 Å². The molecular formula is C18H16FN3O2. The van der Waals surface area contributed by atoms with E-state index >= 15 is 0 Å². The van der Waals surface area contributed by atoms with Crippen LogP contribution in [0.2, 0.25) is 0 Å². The number of nitrogens with one attached hydrogen (secondary N) is 1. The number of nitrogens with zero attached hydrogens (tertiary/aromatic N) is 2. The van der Waals surface area contributed by atoms with Gasteiger partial charge in [-0.25, -0.2) is 4.39 Å². The van der Waals surface area contributed by atoms with Crippen molar-refractivity contribution in [2.75, 3.05) is 0 Å². The minimum atomic E-state index is -0.325. The zero-order valence-corrected chi connectivity index (χ0v) is 13.1. The lowest BCUT2D eigenvalue weighted by molar-refractivity contribution is -0.120. The highest BCUT2D eigenvalue weighted by atomic mass is 19.1. The molecule has 0 bridgehead atoms. The average Bonchev–Trinajstić information content (AvgIpc) is 3.04. The van der Waals surface area contributed by atoms with E-state index in [1.165, 1.54) is 12.1 Å². The summed E-state index contributed by atoms with van der Waals surface area (Å²) in [6.07, 6.45) is 0.166. The van der Waals surface area contributed by atoms with E-state index in [1.807, 2.05) is 31.2 Å². The molecule has 6 heteroatoms. The van der Waals surface area contributed by atoms with E-state index in [2.05, 4.69) is 15.5 Å². The maximum atomic E-state index is 12.8. The number of carbonyl (C=O) groups excluding carboxylic acids is 1. The summed E-state index contributed by atoms with van der Waals surface area (Å²) in [5.41, 5.74) is 2.70. The number of halogens is 1. The molecule has 0 spiro atoms. The largest absolute Gasteiger partial charge is 0.347 e. The molecule has 0 aliphatic heterocycles. The first-order chi connectivity index (χ1) is 11.6. The van der Waals surface area contributed by atoms with E-state index in [0.29, 0.717) is 11.7 Å². The van der Waals surface area contributed by atoms with Crippen molar-refractivity contribution in [3.63, 3.8) is 0 Å². The van der Waals surface area contributed by atoms with E-state index < -0.39 is 0 Å². The van der Waals surface area contributed by atoms with Crippen molar-refractivity contribution in [1.29, 1.82) is 0 Å². The topological polar surface area (TPSA) is 68.0 Å². The van der Waals surface area contributed by atoms with Gasteiger partial charge in [0, 0.05) is 5.56 Å². The third kappa shape index (κ3) is 4.04. The summed E-state index contributed by atoms with van der Waals surface area (Å²) >= 11 is 0. The van der Waals surface area contributed by atoms with Crippen molar-refractivity contribution in [2.24, 2.45) is 0 Å². The second-order valence-electron chi connectivity index (χ2n) is 5.46. The lowest BCUT2D eigenvalue weighted by Crippen LogP contribution is -2.24. The van der Waals surface area contributed by atoms with Gasteiger partial charge in [-0.05, 0) is 30.7 Å². The van der Waals surface area contributed by atoms with Crippen LogP contribution in [0.5, 0.6) is 0 Å². The Morgan fingerprint density at radius 1 is 1.21 bits per heavy atom. The summed E-state index contributed by atoms with van der Waals surface area (Å²) in [4.78, 5) is 16.2. The Kier molecular flexibility index (Phi) is 4.65. The van der Waals surface area contributed by atoms with Crippen molar-refractivity contribution in [3.05, 3.63) is 71.4 Å². The highest BCUT2D eigenvalue weighted by molar-refractivity contribution is 5.78. The first kappa shape index (κ1) is 15.9. The zero-order valence-electron chi connectivity index (χ0n) is 13.1. The van der Waals surface area contributed by atoms with Crippen LogP contribution in [0.15, 0.2) is 53.1 Å². The molecule has 0 fully saturated rings. The van der Waals surface area contributed by atoms with Crippen molar-refractivity contribution < 1.29 is 13.7 Å². The van der Waals surface area contributed by atoms with Gasteiger partial charge in [0.2, 0.25) is 17.6 Å². The Bertz CT molecular complexity index is 843. The number of aromatic nitrogens is 2. The van der Waals surface area contributed by atoms with Crippen LogP contribution in [0.3, 0.4) is 0 Å². The van der Waals surface area contributed by atoms with E-state index in [1.54, 1.807) is 12.1 Å². The molecule has 0 saturated carbocycles. The van der Waals surface area contributed by atoms with E-state index in [9.17, 15) is 9.18 Å². The van der Waals surface area contributed by atoms with Gasteiger partial charge in [0.15, 0.2) is 0 Å². The zero-order chi connectivity index (χ0) is 16.9. The number of hydrogen-bond acceptors (Lipinski definition) is 4. The van der Waals surface area contributed by atoms with Gasteiger partial charge in [0.1, 0.15) is 5.82 Å². The molecule has 3 aromatic rings. The normalized spacial score (nSPS) is 10.6. The third-order valence-corrected chi connectivity index (χ3v) is 3.46. The predicted octanol–water partition coefficient (Wildman–Crippen LogP) is 3.04. The van der Waals surface area contributed by atoms with Gasteiger partial charge in [-0.15, -0.1) is 0 Å². The summed E-state index contributed by atoms with van der Waals surface area (Å²) in [6, 6.07) is 13.6. The number of rotatable bonds is 5. The molecule has 0 aliphatic rings. The minimum Gasteiger partial charge on any atom is -0.347 e. The molecule has 2 aromatic carbocycles. The van der Waals surface area contributed by atoms with Crippen LogP contribution in [-0.2, 0) is 17.8 Å². The fraction of sp³-hybridized carbons (Fsp3) is 0.167. The smallest absolute Gasteiger partial charge is 0.246 e. The molecule has 1 amide bonds. The second-order valence-corrected chi connectivity index (χ2v) is 5.46. The number of hydrogen-bond donors (Lipinski definition) is 1. The molecule has 5 nitrogen and oxygen atoms in total. The molecular weight excluding hydrogens is 309 g/mol. The summed E-state index contributed by atoms with van der Waals surface area (Å²) in [7, 11) is 0. The van der Waals surface area contributed by atoms with E-state index in [0.717, 1.165) is 16.7 Å². The highest BCUT2D eigenvalue weighted by Gasteiger charge is 2.10. The lowest BCUT2D eigenvalue weighted by Gasteiger charge is -2.02. The first-order valence-electron chi connectivity index (χ1n) is 7.51. The van der Waals surface area contributed by atoms with Crippen molar-refractivity contribution >= 4 is 5.91 Å². The SMILES string of the molecule is Cc1cccc(-c2noc(CNC(=O)Cc3ccc(F)cc3)n2)c1. The van der Waals surface area contributed by atoms with E-state index in [4.69, 9.17) is 4.52 Å². The van der Waals surface area contributed by atoms with Crippen LogP contribution in [0.25, 0.3) is 11.4 Å². The molecule has 122 valence electrons. The Labute approximate surface area is 138 Å². The van der Waals surface area contributed by atoms with Crippen LogP contribution in [0.1, 0.15) is 17.0 Å². The number of amides is 1. The van der Waals surface area contributed by atoms with Gasteiger partial charge in [0.05, 0.1) is 13.0 Å². The van der Waals surface area contributed by atoms with Gasteiger partial charge in [0.25, 0.3) is 0 Å². The Morgan fingerprint density at radius 2 is 2.00 bits per heavy atom. The molecule has 0 aliphatic carbocycles. The highest BCUT2D eigenvalue weighted by Crippen LogP contribution is 2.16. The molecule has 0 atom stereocenters. The molecule has 0 saturated heterocycles. The quantitative estimate of drug-likeness (QED) is 0.783. The summed E-state index contributed by atoms with van der Waals surface area (Å²) in [5, 5.41) is 6.63. The summed E-state index contributed by atoms with van der Waals surface area (Å²) in [6.45, 7) is 2.14. The van der Waals surface area contributed by atoms with Crippen molar-refractivity contribution in [1.82, 2.24) is 15.5 Å². The molecule has 1 aromatic heterocycles. The van der Waals surface area contributed by atoms with Gasteiger partial charge in [-0.1, -0.05) is 41.1 Å². The molecule has 0 radical (unpaired) electrons. The fourth-order valence-electron chi connectivity index (χ4n) is 2.25. The van der Waals surface area contributed by atoms with Gasteiger partial charge in [-0.2, -0.15) is 4.98 Å². The van der Waals surface area contributed by atoms with Crippen molar-refractivity contribution in [3.8, 4) is 11.4 Å². The molecule has 1 heterocycles. The maximum Gasteiger partial charge on any atom is 0.246 e. The monoisotopic (exact) mass is 325 g/mol. The maximum absolute atomic E-state index is 12.8. The van der Waals surface area contributed by atoms with Gasteiger partial charge >= 0.3 is 0 Å². The number of benzene rings is 2. The second kappa shape index (κ2) is 7.04. The minimum absolute atomic E-state index is 0.152. The molecule has 0 unspecified atom stereocenters. The Hall–Kier alpha value is -3.02. The summed E-state index contributed by atoms with van der Waals surface area (Å²) < 4.78 is 18.0. The number of aryl methyl sites for hydroxylation is 1. The van der Waals surface area contributed by atoms with Crippen LogP contribution < -0.4 is 5.32 Å². The van der Waals surface area contributed by atoms with Gasteiger partial charge < -0.3 is 9.84 Å². The van der Waals surface area contributed by atoms with Crippen molar-refractivity contribution in [2.45, 2.75) is 19.9 Å². The predicted molar refractivity (Wildman–Crippen MR) is 86.4 cm³/mol. The average molecular weight is 325 g/mol. The Balaban J connectivity index is 1.57. The van der Waals surface area contributed by atoms with Crippen LogP contribution in [-0.4, -0.2) is 16.0 Å². The molecule has 1 N–H and O–H groups in total. The summed E-state index contributed by atoms with van der Waals surface area (Å²) in [5.74, 6) is 0.297. The molecule has 3 rings (SSSR count). The Morgan fingerprint density at radius 3 is 2.75 bits per heavy atom. The first-order valence-corrected chi connectivity index (χ1v) is 7.51. The fourth-order valence-corrected chi connectivity index (χ4v) is 2.25. The van der Waals surface area contributed by atoms with Crippen LogP contribution in [0, 0.1) is 12.7 Å². The van der Waals surface area contributed by atoms with Crippen LogP contribution in [0.4, 0.5) is 4.39 Å².